The van der Waals surface area contributed by atoms with Crippen molar-refractivity contribution in [2.24, 2.45) is 0 Å². The SMILES string of the molecule is CCC(C)(NC(=O)c1cccc(Cl)c1)C(=O)CCl. The summed E-state index contributed by atoms with van der Waals surface area (Å²) in [6, 6.07) is 6.56. The van der Waals surface area contributed by atoms with Crippen LogP contribution in [0.1, 0.15) is 30.6 Å². The van der Waals surface area contributed by atoms with E-state index in [2.05, 4.69) is 5.32 Å². The van der Waals surface area contributed by atoms with Crippen LogP contribution in [0.25, 0.3) is 0 Å². The van der Waals surface area contributed by atoms with E-state index in [1.54, 1.807) is 31.2 Å². The number of hydrogen-bond acceptors (Lipinski definition) is 2. The monoisotopic (exact) mass is 287 g/mol. The van der Waals surface area contributed by atoms with Crippen molar-refractivity contribution in [3.8, 4) is 0 Å². The topological polar surface area (TPSA) is 46.2 Å². The van der Waals surface area contributed by atoms with Crippen molar-refractivity contribution in [2.75, 3.05) is 5.88 Å². The lowest BCUT2D eigenvalue weighted by Gasteiger charge is -2.27. The second-order valence-corrected chi connectivity index (χ2v) is 4.91. The molecule has 0 radical (unpaired) electrons. The van der Waals surface area contributed by atoms with Crippen LogP contribution in [0.4, 0.5) is 0 Å². The molecule has 0 fully saturated rings. The molecular weight excluding hydrogens is 273 g/mol. The Morgan fingerprint density at radius 1 is 1.39 bits per heavy atom. The second-order valence-electron chi connectivity index (χ2n) is 4.21. The van der Waals surface area contributed by atoms with Crippen LogP contribution in [0.5, 0.6) is 0 Å². The Balaban J connectivity index is 2.89. The summed E-state index contributed by atoms with van der Waals surface area (Å²) in [6.45, 7) is 3.49. The number of rotatable bonds is 5. The summed E-state index contributed by atoms with van der Waals surface area (Å²) < 4.78 is 0. The first-order valence-corrected chi connectivity index (χ1v) is 6.51. The third-order valence-electron chi connectivity index (χ3n) is 2.92. The molecule has 1 unspecified atom stereocenters. The zero-order valence-corrected chi connectivity index (χ0v) is 11.8. The van der Waals surface area contributed by atoms with Gasteiger partial charge in [0.2, 0.25) is 0 Å². The van der Waals surface area contributed by atoms with Crippen molar-refractivity contribution in [1.29, 1.82) is 0 Å². The van der Waals surface area contributed by atoms with Gasteiger partial charge in [0.15, 0.2) is 5.78 Å². The third-order valence-corrected chi connectivity index (χ3v) is 3.40. The van der Waals surface area contributed by atoms with E-state index in [1.165, 1.54) is 0 Å². The lowest BCUT2D eigenvalue weighted by atomic mass is 9.93. The van der Waals surface area contributed by atoms with Crippen LogP contribution in [0.15, 0.2) is 24.3 Å². The minimum atomic E-state index is -0.943. The first-order valence-electron chi connectivity index (χ1n) is 5.60. The second kappa shape index (κ2) is 6.21. The van der Waals surface area contributed by atoms with Crippen molar-refractivity contribution < 1.29 is 9.59 Å². The molecule has 3 nitrogen and oxygen atoms in total. The minimum Gasteiger partial charge on any atom is -0.340 e. The molecule has 1 amide bonds. The molecule has 98 valence electrons. The highest BCUT2D eigenvalue weighted by molar-refractivity contribution is 6.31. The minimum absolute atomic E-state index is 0.125. The molecule has 0 heterocycles. The van der Waals surface area contributed by atoms with Gasteiger partial charge in [-0.15, -0.1) is 11.6 Å². The lowest BCUT2D eigenvalue weighted by Crippen LogP contribution is -2.52. The van der Waals surface area contributed by atoms with Gasteiger partial charge in [-0.2, -0.15) is 0 Å². The van der Waals surface area contributed by atoms with E-state index in [0.717, 1.165) is 0 Å². The summed E-state index contributed by atoms with van der Waals surface area (Å²) in [5, 5.41) is 3.18. The Morgan fingerprint density at radius 3 is 2.56 bits per heavy atom. The summed E-state index contributed by atoms with van der Waals surface area (Å²) in [6.07, 6.45) is 0.477. The zero-order valence-electron chi connectivity index (χ0n) is 10.3. The molecule has 0 aliphatic heterocycles. The fourth-order valence-corrected chi connectivity index (χ4v) is 1.94. The summed E-state index contributed by atoms with van der Waals surface area (Å²) in [7, 11) is 0. The van der Waals surface area contributed by atoms with Crippen LogP contribution >= 0.6 is 23.2 Å². The highest BCUT2D eigenvalue weighted by Gasteiger charge is 2.32. The van der Waals surface area contributed by atoms with Crippen LogP contribution < -0.4 is 5.32 Å². The van der Waals surface area contributed by atoms with Gasteiger partial charge in [-0.25, -0.2) is 0 Å². The lowest BCUT2D eigenvalue weighted by molar-refractivity contribution is -0.122. The summed E-state index contributed by atoms with van der Waals surface area (Å²) in [4.78, 5) is 23.8. The van der Waals surface area contributed by atoms with E-state index in [4.69, 9.17) is 23.2 Å². The Labute approximate surface area is 116 Å². The highest BCUT2D eigenvalue weighted by Crippen LogP contribution is 2.15. The predicted octanol–water partition coefficient (Wildman–Crippen LogP) is 3.05. The molecule has 18 heavy (non-hydrogen) atoms. The number of Topliss-reactive ketones (excluding diaryl/α,β-unsaturated/α-hetero) is 1. The zero-order chi connectivity index (χ0) is 13.8. The number of amides is 1. The molecule has 0 spiro atoms. The average Bonchev–Trinajstić information content (AvgIpc) is 2.37. The number of benzene rings is 1. The predicted molar refractivity (Wildman–Crippen MR) is 73.3 cm³/mol. The van der Waals surface area contributed by atoms with Gasteiger partial charge in [-0.05, 0) is 31.5 Å². The van der Waals surface area contributed by atoms with Crippen molar-refractivity contribution in [3.63, 3.8) is 0 Å². The quantitative estimate of drug-likeness (QED) is 0.846. The Hall–Kier alpha value is -1.06. The van der Waals surface area contributed by atoms with Crippen molar-refractivity contribution >= 4 is 34.9 Å². The van der Waals surface area contributed by atoms with E-state index >= 15 is 0 Å². The van der Waals surface area contributed by atoms with Gasteiger partial charge in [-0.3, -0.25) is 9.59 Å². The van der Waals surface area contributed by atoms with Crippen molar-refractivity contribution in [1.82, 2.24) is 5.32 Å². The fraction of sp³-hybridized carbons (Fsp3) is 0.385. The van der Waals surface area contributed by atoms with Crippen LogP contribution in [-0.4, -0.2) is 23.1 Å². The van der Waals surface area contributed by atoms with E-state index in [1.807, 2.05) is 6.92 Å². The average molecular weight is 288 g/mol. The van der Waals surface area contributed by atoms with Gasteiger partial charge in [0.05, 0.1) is 11.4 Å². The van der Waals surface area contributed by atoms with E-state index in [9.17, 15) is 9.59 Å². The normalized spacial score (nSPS) is 13.8. The van der Waals surface area contributed by atoms with Gasteiger partial charge in [-0.1, -0.05) is 24.6 Å². The fourth-order valence-electron chi connectivity index (χ4n) is 1.46. The van der Waals surface area contributed by atoms with Crippen LogP contribution in [0.3, 0.4) is 0 Å². The number of halogens is 2. The van der Waals surface area contributed by atoms with Gasteiger partial charge < -0.3 is 5.32 Å². The summed E-state index contributed by atoms with van der Waals surface area (Å²) in [5.41, 5.74) is -0.522. The summed E-state index contributed by atoms with van der Waals surface area (Å²) >= 11 is 11.4. The molecular formula is C13H15Cl2NO2. The molecule has 5 heteroatoms. The largest absolute Gasteiger partial charge is 0.340 e. The maximum Gasteiger partial charge on any atom is 0.252 e. The Kier molecular flexibility index (Phi) is 5.17. The molecule has 1 N–H and O–H groups in total. The van der Waals surface area contributed by atoms with Crippen LogP contribution in [0.2, 0.25) is 5.02 Å². The first-order chi connectivity index (χ1) is 8.42. The van der Waals surface area contributed by atoms with E-state index in [0.29, 0.717) is 17.0 Å². The maximum absolute atomic E-state index is 12.0. The number of carbonyl (C=O) groups excluding carboxylic acids is 2. The number of alkyl halides is 1. The molecule has 1 aromatic rings. The van der Waals surface area contributed by atoms with E-state index < -0.39 is 5.54 Å². The van der Waals surface area contributed by atoms with Crippen molar-refractivity contribution in [3.05, 3.63) is 34.9 Å². The highest BCUT2D eigenvalue weighted by atomic mass is 35.5. The van der Waals surface area contributed by atoms with Gasteiger partial charge in [0.1, 0.15) is 0 Å². The Bertz CT molecular complexity index is 462. The molecule has 0 aliphatic rings. The standard InChI is InChI=1S/C13H15Cl2NO2/c1-3-13(2,11(17)8-14)16-12(18)9-5-4-6-10(15)7-9/h4-7H,3,8H2,1-2H3,(H,16,18). The van der Waals surface area contributed by atoms with E-state index in [-0.39, 0.29) is 17.6 Å². The molecule has 1 rings (SSSR count). The third kappa shape index (κ3) is 3.47. The van der Waals surface area contributed by atoms with Gasteiger partial charge in [0.25, 0.3) is 5.91 Å². The van der Waals surface area contributed by atoms with Crippen LogP contribution in [0, 0.1) is 0 Å². The summed E-state index contributed by atoms with van der Waals surface area (Å²) in [5.74, 6) is -0.664. The molecule has 1 atom stereocenters. The molecule has 0 saturated carbocycles. The molecule has 0 aromatic heterocycles. The number of hydrogen-bond donors (Lipinski definition) is 1. The maximum atomic E-state index is 12.0. The molecule has 1 aromatic carbocycles. The van der Waals surface area contributed by atoms with Crippen molar-refractivity contribution in [2.45, 2.75) is 25.8 Å². The number of ketones is 1. The number of carbonyl (C=O) groups is 2. The smallest absolute Gasteiger partial charge is 0.252 e. The van der Waals surface area contributed by atoms with Crippen LogP contribution in [-0.2, 0) is 4.79 Å². The molecule has 0 bridgehead atoms. The first kappa shape index (κ1) is 15.0. The number of nitrogens with one attached hydrogen (secondary N) is 1. The molecule has 0 aliphatic carbocycles. The molecule has 0 saturated heterocycles. The Morgan fingerprint density at radius 2 is 2.06 bits per heavy atom. The van der Waals surface area contributed by atoms with Gasteiger partial charge in [0, 0.05) is 10.6 Å². The van der Waals surface area contributed by atoms with Gasteiger partial charge >= 0.3 is 0 Å².